The van der Waals surface area contributed by atoms with Crippen LogP contribution >= 0.6 is 11.6 Å². The molecule has 0 atom stereocenters. The number of hydrogen-bond acceptors (Lipinski definition) is 3. The Morgan fingerprint density at radius 1 is 1.00 bits per heavy atom. The number of nitrogens with zero attached hydrogens (tertiary/aromatic N) is 2. The number of sulfonamides is 1. The summed E-state index contributed by atoms with van der Waals surface area (Å²) in [4.78, 5) is 14.4. The van der Waals surface area contributed by atoms with E-state index in [-0.39, 0.29) is 15.6 Å². The molecular formula is C21H22ClF3N2O3S. The Labute approximate surface area is 184 Å². The summed E-state index contributed by atoms with van der Waals surface area (Å²) in [5.74, 6) is -0.477. The molecule has 168 valence electrons. The van der Waals surface area contributed by atoms with E-state index in [2.05, 4.69) is 0 Å². The van der Waals surface area contributed by atoms with Crippen LogP contribution in [-0.2, 0) is 21.0 Å². The van der Waals surface area contributed by atoms with Gasteiger partial charge < -0.3 is 4.90 Å². The molecule has 3 rings (SSSR count). The SMILES string of the molecule is O=C(CN(c1cc(C(F)(F)F)ccc1Cl)S(=O)(=O)c1ccccc1)N1CCCCCC1. The molecule has 10 heteroatoms. The second kappa shape index (κ2) is 9.48. The fourth-order valence-corrected chi connectivity index (χ4v) is 5.16. The molecule has 0 radical (unpaired) electrons. The number of alkyl halides is 3. The van der Waals surface area contributed by atoms with Crippen LogP contribution in [0.25, 0.3) is 0 Å². The zero-order chi connectivity index (χ0) is 22.6. The van der Waals surface area contributed by atoms with Gasteiger partial charge in [0.15, 0.2) is 0 Å². The number of hydrogen-bond donors (Lipinski definition) is 0. The molecule has 1 fully saturated rings. The average Bonchev–Trinajstić information content (AvgIpc) is 3.02. The Kier molecular flexibility index (Phi) is 7.16. The van der Waals surface area contributed by atoms with Crippen LogP contribution in [0.3, 0.4) is 0 Å². The van der Waals surface area contributed by atoms with Crippen molar-refractivity contribution in [3.8, 4) is 0 Å². The van der Waals surface area contributed by atoms with E-state index >= 15 is 0 Å². The van der Waals surface area contributed by atoms with Gasteiger partial charge in [-0.15, -0.1) is 0 Å². The average molecular weight is 475 g/mol. The van der Waals surface area contributed by atoms with Crippen LogP contribution in [0.5, 0.6) is 0 Å². The molecule has 1 saturated heterocycles. The smallest absolute Gasteiger partial charge is 0.341 e. The van der Waals surface area contributed by atoms with E-state index in [0.717, 1.165) is 37.8 Å². The van der Waals surface area contributed by atoms with E-state index < -0.39 is 34.2 Å². The van der Waals surface area contributed by atoms with Gasteiger partial charge in [-0.3, -0.25) is 9.10 Å². The molecule has 1 heterocycles. The number of amides is 1. The quantitative estimate of drug-likeness (QED) is 0.615. The van der Waals surface area contributed by atoms with Crippen LogP contribution in [0.15, 0.2) is 53.4 Å². The van der Waals surface area contributed by atoms with Crippen molar-refractivity contribution >= 4 is 33.2 Å². The van der Waals surface area contributed by atoms with E-state index in [4.69, 9.17) is 11.6 Å². The van der Waals surface area contributed by atoms with Crippen LogP contribution in [0.1, 0.15) is 31.2 Å². The van der Waals surface area contributed by atoms with Gasteiger partial charge in [0.25, 0.3) is 10.0 Å². The molecule has 2 aromatic carbocycles. The van der Waals surface area contributed by atoms with Crippen molar-refractivity contribution in [1.82, 2.24) is 4.90 Å². The fourth-order valence-electron chi connectivity index (χ4n) is 3.44. The summed E-state index contributed by atoms with van der Waals surface area (Å²) in [7, 11) is -4.35. The van der Waals surface area contributed by atoms with E-state index in [9.17, 15) is 26.4 Å². The van der Waals surface area contributed by atoms with Crippen LogP contribution in [0, 0.1) is 0 Å². The van der Waals surface area contributed by atoms with Crippen molar-refractivity contribution < 1.29 is 26.4 Å². The first kappa shape index (κ1) is 23.4. The molecule has 0 aliphatic carbocycles. The monoisotopic (exact) mass is 474 g/mol. The molecule has 1 amide bonds. The van der Waals surface area contributed by atoms with Gasteiger partial charge in [0.1, 0.15) is 6.54 Å². The maximum absolute atomic E-state index is 13.3. The highest BCUT2D eigenvalue weighted by atomic mass is 35.5. The lowest BCUT2D eigenvalue weighted by Crippen LogP contribution is -2.43. The highest BCUT2D eigenvalue weighted by Gasteiger charge is 2.35. The topological polar surface area (TPSA) is 57.7 Å². The second-order valence-electron chi connectivity index (χ2n) is 7.28. The molecule has 2 aromatic rings. The molecule has 5 nitrogen and oxygen atoms in total. The standard InChI is InChI=1S/C21H22ClF3N2O3S/c22-18-11-10-16(21(23,24)25)14-19(18)27(31(29,30)17-8-4-3-5-9-17)15-20(28)26-12-6-1-2-7-13-26/h3-5,8-11,14H,1-2,6-7,12-13,15H2. The molecule has 0 N–H and O–H groups in total. The van der Waals surface area contributed by atoms with Gasteiger partial charge in [-0.05, 0) is 43.2 Å². The van der Waals surface area contributed by atoms with Crippen molar-refractivity contribution in [3.63, 3.8) is 0 Å². The summed E-state index contributed by atoms with van der Waals surface area (Å²) in [6, 6.07) is 9.67. The minimum absolute atomic E-state index is 0.146. The molecule has 1 aliphatic heterocycles. The largest absolute Gasteiger partial charge is 0.416 e. The van der Waals surface area contributed by atoms with Crippen molar-refractivity contribution in [2.45, 2.75) is 36.8 Å². The number of anilines is 1. The second-order valence-corrected chi connectivity index (χ2v) is 9.55. The first-order valence-corrected chi connectivity index (χ1v) is 11.6. The molecule has 31 heavy (non-hydrogen) atoms. The maximum atomic E-state index is 13.3. The zero-order valence-corrected chi connectivity index (χ0v) is 18.2. The van der Waals surface area contributed by atoms with Gasteiger partial charge >= 0.3 is 6.18 Å². The minimum Gasteiger partial charge on any atom is -0.341 e. The maximum Gasteiger partial charge on any atom is 0.416 e. The highest BCUT2D eigenvalue weighted by molar-refractivity contribution is 7.92. The number of benzene rings is 2. The van der Waals surface area contributed by atoms with E-state index in [1.54, 1.807) is 11.0 Å². The Bertz CT molecular complexity index is 1020. The Morgan fingerprint density at radius 3 is 2.19 bits per heavy atom. The third-order valence-electron chi connectivity index (χ3n) is 5.11. The number of likely N-dealkylation sites (tertiary alicyclic amines) is 1. The van der Waals surface area contributed by atoms with Gasteiger partial charge in [-0.2, -0.15) is 13.2 Å². The van der Waals surface area contributed by atoms with Crippen molar-refractivity contribution in [3.05, 3.63) is 59.1 Å². The predicted octanol–water partition coefficient (Wildman–Crippen LogP) is 4.96. The third kappa shape index (κ3) is 5.51. The van der Waals surface area contributed by atoms with Crippen molar-refractivity contribution in [1.29, 1.82) is 0 Å². The van der Waals surface area contributed by atoms with Crippen molar-refractivity contribution in [2.24, 2.45) is 0 Å². The number of halogens is 4. The summed E-state index contributed by atoms with van der Waals surface area (Å²) in [6.45, 7) is 0.320. The van der Waals surface area contributed by atoms with Gasteiger partial charge in [-0.1, -0.05) is 42.6 Å². The minimum atomic E-state index is -4.70. The lowest BCUT2D eigenvalue weighted by atomic mass is 10.2. The van der Waals surface area contributed by atoms with Crippen LogP contribution < -0.4 is 4.31 Å². The normalized spacial score (nSPS) is 15.4. The van der Waals surface area contributed by atoms with E-state index in [0.29, 0.717) is 23.5 Å². The summed E-state index contributed by atoms with van der Waals surface area (Å²) in [5, 5.41) is -0.198. The van der Waals surface area contributed by atoms with Gasteiger partial charge in [0.2, 0.25) is 5.91 Å². The number of rotatable bonds is 5. The lowest BCUT2D eigenvalue weighted by molar-refractivity contribution is -0.137. The lowest BCUT2D eigenvalue weighted by Gasteiger charge is -2.29. The first-order chi connectivity index (χ1) is 14.6. The molecular weight excluding hydrogens is 453 g/mol. The Balaban J connectivity index is 2.06. The summed E-state index contributed by atoms with van der Waals surface area (Å²) < 4.78 is 67.3. The van der Waals surface area contributed by atoms with Crippen LogP contribution in [0.4, 0.5) is 18.9 Å². The summed E-state index contributed by atoms with van der Waals surface area (Å²) in [5.41, 5.74) is -1.44. The molecule has 0 spiro atoms. The third-order valence-corrected chi connectivity index (χ3v) is 7.20. The van der Waals surface area contributed by atoms with E-state index in [1.807, 2.05) is 0 Å². The summed E-state index contributed by atoms with van der Waals surface area (Å²) >= 11 is 6.13. The molecule has 0 bridgehead atoms. The van der Waals surface area contributed by atoms with Crippen LogP contribution in [-0.4, -0.2) is 38.9 Å². The molecule has 0 unspecified atom stereocenters. The van der Waals surface area contributed by atoms with Gasteiger partial charge in [0.05, 0.1) is 21.2 Å². The summed E-state index contributed by atoms with van der Waals surface area (Å²) in [6.07, 6.45) is -1.18. The molecule has 0 saturated carbocycles. The van der Waals surface area contributed by atoms with E-state index in [1.165, 1.54) is 24.3 Å². The fraction of sp³-hybridized carbons (Fsp3) is 0.381. The molecule has 0 aromatic heterocycles. The van der Waals surface area contributed by atoms with Crippen LogP contribution in [0.2, 0.25) is 5.02 Å². The highest BCUT2D eigenvalue weighted by Crippen LogP contribution is 2.37. The van der Waals surface area contributed by atoms with Crippen molar-refractivity contribution in [2.75, 3.05) is 23.9 Å². The first-order valence-electron chi connectivity index (χ1n) is 9.83. The Hall–Kier alpha value is -2.26. The Morgan fingerprint density at radius 2 is 1.61 bits per heavy atom. The zero-order valence-electron chi connectivity index (χ0n) is 16.6. The van der Waals surface area contributed by atoms with Gasteiger partial charge in [-0.25, -0.2) is 8.42 Å². The van der Waals surface area contributed by atoms with Gasteiger partial charge in [0, 0.05) is 13.1 Å². The molecule has 1 aliphatic rings. The number of carbonyl (C=O) groups excluding carboxylic acids is 1. The number of carbonyl (C=O) groups is 1. The predicted molar refractivity (Wildman–Crippen MR) is 112 cm³/mol.